The van der Waals surface area contributed by atoms with Crippen molar-refractivity contribution in [2.45, 2.75) is 26.3 Å². The summed E-state index contributed by atoms with van der Waals surface area (Å²) in [4.78, 5) is 13.8. The average molecular weight is 249 g/mol. The Hall–Kier alpha value is -1.55. The molecule has 0 radical (unpaired) electrons. The van der Waals surface area contributed by atoms with Crippen LogP contribution in [0.3, 0.4) is 0 Å². The molecular weight excluding hydrogens is 226 g/mol. The van der Waals surface area contributed by atoms with E-state index in [2.05, 4.69) is 17.1 Å². The standard InChI is InChI=1S/C14H23N3O/c1-4-16-14(3,13(15)18)11-17(5-2)12-9-7-6-8-10-12/h6-10,16H,4-5,11H2,1-3H3,(H2,15,18). The van der Waals surface area contributed by atoms with Crippen molar-refractivity contribution in [3.63, 3.8) is 0 Å². The Balaban J connectivity index is 2.87. The van der Waals surface area contributed by atoms with Crippen molar-refractivity contribution in [3.8, 4) is 0 Å². The zero-order valence-electron chi connectivity index (χ0n) is 11.4. The fourth-order valence-electron chi connectivity index (χ4n) is 2.02. The number of carbonyl (C=O) groups excluding carboxylic acids is 1. The summed E-state index contributed by atoms with van der Waals surface area (Å²) in [6.07, 6.45) is 0. The summed E-state index contributed by atoms with van der Waals surface area (Å²) in [7, 11) is 0. The molecule has 3 N–H and O–H groups in total. The van der Waals surface area contributed by atoms with Crippen LogP contribution in [-0.4, -0.2) is 31.1 Å². The molecule has 0 saturated heterocycles. The molecule has 4 heteroatoms. The molecule has 0 spiro atoms. The molecule has 100 valence electrons. The molecule has 0 saturated carbocycles. The van der Waals surface area contributed by atoms with Gasteiger partial charge in [0.25, 0.3) is 0 Å². The number of para-hydroxylation sites is 1. The van der Waals surface area contributed by atoms with E-state index in [0.717, 1.165) is 12.2 Å². The molecule has 0 fully saturated rings. The molecule has 1 unspecified atom stereocenters. The molecule has 0 aliphatic carbocycles. The second kappa shape index (κ2) is 6.40. The van der Waals surface area contributed by atoms with Gasteiger partial charge in [0, 0.05) is 18.8 Å². The first kappa shape index (κ1) is 14.5. The van der Waals surface area contributed by atoms with Crippen molar-refractivity contribution >= 4 is 11.6 Å². The highest BCUT2D eigenvalue weighted by Gasteiger charge is 2.32. The minimum absolute atomic E-state index is 0.321. The smallest absolute Gasteiger partial charge is 0.239 e. The SMILES string of the molecule is CCNC(C)(CN(CC)c1ccccc1)C(N)=O. The number of primary amides is 1. The minimum atomic E-state index is -0.708. The number of nitrogens with zero attached hydrogens (tertiary/aromatic N) is 1. The number of nitrogens with one attached hydrogen (secondary N) is 1. The number of rotatable bonds is 7. The van der Waals surface area contributed by atoms with Gasteiger partial charge in [0.15, 0.2) is 0 Å². The normalized spacial score (nSPS) is 13.9. The van der Waals surface area contributed by atoms with Crippen LogP contribution in [0.1, 0.15) is 20.8 Å². The van der Waals surface area contributed by atoms with Gasteiger partial charge in [-0.2, -0.15) is 0 Å². The highest BCUT2D eigenvalue weighted by Crippen LogP contribution is 2.16. The average Bonchev–Trinajstić information content (AvgIpc) is 2.37. The molecule has 0 aromatic heterocycles. The van der Waals surface area contributed by atoms with E-state index < -0.39 is 5.54 Å². The van der Waals surface area contributed by atoms with Crippen molar-refractivity contribution in [2.75, 3.05) is 24.5 Å². The molecule has 1 atom stereocenters. The van der Waals surface area contributed by atoms with Gasteiger partial charge in [-0.15, -0.1) is 0 Å². The van der Waals surface area contributed by atoms with E-state index >= 15 is 0 Å². The maximum Gasteiger partial charge on any atom is 0.239 e. The van der Waals surface area contributed by atoms with Gasteiger partial charge in [0.05, 0.1) is 0 Å². The molecule has 0 heterocycles. The summed E-state index contributed by atoms with van der Waals surface area (Å²) in [5, 5.41) is 3.18. The van der Waals surface area contributed by atoms with Gasteiger partial charge < -0.3 is 16.0 Å². The predicted octanol–water partition coefficient (Wildman–Crippen LogP) is 1.37. The lowest BCUT2D eigenvalue weighted by Gasteiger charge is -2.34. The van der Waals surface area contributed by atoms with Crippen LogP contribution in [0.25, 0.3) is 0 Å². The van der Waals surface area contributed by atoms with E-state index in [4.69, 9.17) is 5.73 Å². The number of hydrogen-bond donors (Lipinski definition) is 2. The van der Waals surface area contributed by atoms with Gasteiger partial charge in [-0.1, -0.05) is 25.1 Å². The molecule has 1 aromatic carbocycles. The quantitative estimate of drug-likeness (QED) is 0.767. The Bertz CT molecular complexity index is 380. The third-order valence-corrected chi connectivity index (χ3v) is 3.12. The third-order valence-electron chi connectivity index (χ3n) is 3.12. The van der Waals surface area contributed by atoms with E-state index in [9.17, 15) is 4.79 Å². The highest BCUT2D eigenvalue weighted by molar-refractivity contribution is 5.85. The van der Waals surface area contributed by atoms with E-state index in [-0.39, 0.29) is 5.91 Å². The maximum atomic E-state index is 11.6. The van der Waals surface area contributed by atoms with Crippen LogP contribution in [0.15, 0.2) is 30.3 Å². The summed E-state index contributed by atoms with van der Waals surface area (Å²) < 4.78 is 0. The van der Waals surface area contributed by atoms with E-state index in [1.807, 2.05) is 44.2 Å². The lowest BCUT2D eigenvalue weighted by Crippen LogP contribution is -2.59. The number of nitrogens with two attached hydrogens (primary N) is 1. The third kappa shape index (κ3) is 3.47. The molecular formula is C14H23N3O. The molecule has 0 bridgehead atoms. The van der Waals surface area contributed by atoms with E-state index in [1.165, 1.54) is 0 Å². The second-order valence-corrected chi connectivity index (χ2v) is 4.58. The maximum absolute atomic E-state index is 11.6. The molecule has 1 aromatic rings. The van der Waals surface area contributed by atoms with Crippen molar-refractivity contribution in [3.05, 3.63) is 30.3 Å². The lowest BCUT2D eigenvalue weighted by molar-refractivity contribution is -0.123. The summed E-state index contributed by atoms with van der Waals surface area (Å²) >= 11 is 0. The molecule has 0 aliphatic rings. The first-order valence-electron chi connectivity index (χ1n) is 6.38. The first-order valence-corrected chi connectivity index (χ1v) is 6.38. The second-order valence-electron chi connectivity index (χ2n) is 4.58. The Morgan fingerprint density at radius 3 is 2.39 bits per heavy atom. The Morgan fingerprint density at radius 2 is 1.94 bits per heavy atom. The van der Waals surface area contributed by atoms with Crippen LogP contribution in [0.2, 0.25) is 0 Å². The molecule has 18 heavy (non-hydrogen) atoms. The number of anilines is 1. The number of hydrogen-bond acceptors (Lipinski definition) is 3. The highest BCUT2D eigenvalue weighted by atomic mass is 16.1. The summed E-state index contributed by atoms with van der Waals surface area (Å²) in [6.45, 7) is 8.01. The summed E-state index contributed by atoms with van der Waals surface area (Å²) in [6, 6.07) is 10.0. The van der Waals surface area contributed by atoms with Gasteiger partial charge in [-0.3, -0.25) is 4.79 Å². The topological polar surface area (TPSA) is 58.4 Å². The first-order chi connectivity index (χ1) is 8.53. The zero-order chi connectivity index (χ0) is 13.6. The fraction of sp³-hybridized carbons (Fsp3) is 0.500. The largest absolute Gasteiger partial charge is 0.369 e. The van der Waals surface area contributed by atoms with Crippen LogP contribution >= 0.6 is 0 Å². The number of amides is 1. The van der Waals surface area contributed by atoms with Crippen LogP contribution in [0.5, 0.6) is 0 Å². The Labute approximate surface area is 109 Å². The number of likely N-dealkylation sites (N-methyl/N-ethyl adjacent to an activating group) is 2. The molecule has 4 nitrogen and oxygen atoms in total. The van der Waals surface area contributed by atoms with Crippen LogP contribution in [0, 0.1) is 0 Å². The minimum Gasteiger partial charge on any atom is -0.369 e. The summed E-state index contributed by atoms with van der Waals surface area (Å²) in [5.41, 5.74) is 5.90. The van der Waals surface area contributed by atoms with Gasteiger partial charge in [-0.25, -0.2) is 0 Å². The zero-order valence-corrected chi connectivity index (χ0v) is 11.4. The van der Waals surface area contributed by atoms with Crippen molar-refractivity contribution < 1.29 is 4.79 Å². The van der Waals surface area contributed by atoms with Crippen LogP contribution in [-0.2, 0) is 4.79 Å². The lowest BCUT2D eigenvalue weighted by atomic mass is 10.00. The van der Waals surface area contributed by atoms with E-state index in [0.29, 0.717) is 13.1 Å². The van der Waals surface area contributed by atoms with Crippen LogP contribution < -0.4 is 16.0 Å². The molecule has 0 aliphatic heterocycles. The van der Waals surface area contributed by atoms with Gasteiger partial charge in [-0.05, 0) is 32.5 Å². The van der Waals surface area contributed by atoms with Crippen molar-refractivity contribution in [1.82, 2.24) is 5.32 Å². The fourth-order valence-corrected chi connectivity index (χ4v) is 2.02. The van der Waals surface area contributed by atoms with E-state index in [1.54, 1.807) is 0 Å². The Kier molecular flexibility index (Phi) is 5.16. The summed E-state index contributed by atoms with van der Waals surface area (Å²) in [5.74, 6) is -0.321. The van der Waals surface area contributed by atoms with Crippen molar-refractivity contribution in [2.24, 2.45) is 5.73 Å². The number of benzene rings is 1. The predicted molar refractivity (Wildman–Crippen MR) is 75.6 cm³/mol. The monoisotopic (exact) mass is 249 g/mol. The molecule has 1 amide bonds. The van der Waals surface area contributed by atoms with Gasteiger partial charge in [0.2, 0.25) is 5.91 Å². The number of carbonyl (C=O) groups is 1. The molecule has 1 rings (SSSR count). The van der Waals surface area contributed by atoms with Crippen molar-refractivity contribution in [1.29, 1.82) is 0 Å². The van der Waals surface area contributed by atoms with Crippen LogP contribution in [0.4, 0.5) is 5.69 Å². The Morgan fingerprint density at radius 1 is 1.33 bits per heavy atom. The van der Waals surface area contributed by atoms with Gasteiger partial charge >= 0.3 is 0 Å². The van der Waals surface area contributed by atoms with Gasteiger partial charge in [0.1, 0.15) is 5.54 Å².